The third-order valence-corrected chi connectivity index (χ3v) is 5.08. The third-order valence-electron chi connectivity index (χ3n) is 3.69. The minimum Gasteiger partial charge on any atom is -0.339 e. The molecule has 1 aromatic rings. The van der Waals surface area contributed by atoms with E-state index >= 15 is 0 Å². The minimum atomic E-state index is -0.166. The van der Waals surface area contributed by atoms with Gasteiger partial charge in [-0.25, -0.2) is 0 Å². The molecule has 4 nitrogen and oxygen atoms in total. The van der Waals surface area contributed by atoms with Crippen LogP contribution in [0.4, 0.5) is 0 Å². The summed E-state index contributed by atoms with van der Waals surface area (Å²) >= 11 is 7.59. The van der Waals surface area contributed by atoms with Gasteiger partial charge in [0.05, 0.1) is 38.1 Å². The van der Waals surface area contributed by atoms with Gasteiger partial charge >= 0.3 is 0 Å². The zero-order chi connectivity index (χ0) is 14.8. The van der Waals surface area contributed by atoms with Crippen LogP contribution in [0.25, 0.3) is 6.08 Å². The number of aliphatic imine (C=N–C) groups is 1. The Hall–Kier alpha value is -1.30. The van der Waals surface area contributed by atoms with Gasteiger partial charge in [0, 0.05) is 5.02 Å². The molecule has 0 unspecified atom stereocenters. The van der Waals surface area contributed by atoms with Crippen molar-refractivity contribution in [1.29, 1.82) is 0 Å². The van der Waals surface area contributed by atoms with Gasteiger partial charge in [-0.15, -0.1) is 0 Å². The van der Waals surface area contributed by atoms with E-state index in [1.54, 1.807) is 0 Å². The predicted octanol–water partition coefficient (Wildman–Crippen LogP) is 1.14. The summed E-state index contributed by atoms with van der Waals surface area (Å²) in [6, 6.07) is 7.51. The second-order valence-corrected chi connectivity index (χ2v) is 6.69. The molecule has 0 saturated carbocycles. The number of quaternary nitrogens is 1. The Morgan fingerprint density at radius 1 is 1.33 bits per heavy atom. The molecule has 1 amide bonds. The Labute approximate surface area is 133 Å². The Balaban J connectivity index is 1.74. The quantitative estimate of drug-likeness (QED) is 0.788. The molecule has 0 bridgehead atoms. The van der Waals surface area contributed by atoms with E-state index in [-0.39, 0.29) is 5.91 Å². The lowest BCUT2D eigenvalue weighted by Crippen LogP contribution is -3.12. The second-order valence-electron chi connectivity index (χ2n) is 5.28. The number of hydrogen-bond donors (Lipinski definition) is 1. The van der Waals surface area contributed by atoms with Crippen molar-refractivity contribution in [3.05, 3.63) is 39.8 Å². The van der Waals surface area contributed by atoms with E-state index in [2.05, 4.69) is 16.9 Å². The van der Waals surface area contributed by atoms with Gasteiger partial charge in [0.25, 0.3) is 5.91 Å². The molecule has 0 aromatic heterocycles. The molecular weight excluding hydrogens is 306 g/mol. The molecule has 110 valence electrons. The highest BCUT2D eigenvalue weighted by Gasteiger charge is 2.28. The number of carbonyl (C=O) groups is 1. The van der Waals surface area contributed by atoms with Gasteiger partial charge in [-0.05, 0) is 29.5 Å². The van der Waals surface area contributed by atoms with Crippen LogP contribution in [-0.2, 0) is 4.79 Å². The molecule has 1 N–H and O–H groups in total. The standard InChI is InChI=1S/C15H16ClN3OS/c1-18-6-8-19(9-7-18)15-17-14(20)13(21-15)10-11-4-2-3-5-12(11)16/h2-5,10H,6-9H2,1H3/p+1/b13-10+. The molecule has 0 spiro atoms. The van der Waals surface area contributed by atoms with Gasteiger partial charge < -0.3 is 9.80 Å². The van der Waals surface area contributed by atoms with Crippen molar-refractivity contribution in [2.24, 2.45) is 4.99 Å². The van der Waals surface area contributed by atoms with Crippen LogP contribution >= 0.6 is 23.4 Å². The molecule has 1 fully saturated rings. The summed E-state index contributed by atoms with van der Waals surface area (Å²) in [6.07, 6.45) is 1.83. The number of likely N-dealkylation sites (N-methyl/N-ethyl adjacent to an activating group) is 1. The summed E-state index contributed by atoms with van der Waals surface area (Å²) in [4.78, 5) is 20.6. The summed E-state index contributed by atoms with van der Waals surface area (Å²) in [5, 5.41) is 1.47. The first-order valence-corrected chi connectivity index (χ1v) is 8.16. The maximum atomic E-state index is 12.1. The number of nitrogens with one attached hydrogen (secondary N) is 1. The van der Waals surface area contributed by atoms with E-state index < -0.39 is 0 Å². The molecule has 2 heterocycles. The van der Waals surface area contributed by atoms with Gasteiger partial charge in [0.2, 0.25) is 0 Å². The number of hydrogen-bond acceptors (Lipinski definition) is 3. The zero-order valence-electron chi connectivity index (χ0n) is 11.8. The lowest BCUT2D eigenvalue weighted by Gasteiger charge is -2.30. The maximum Gasteiger partial charge on any atom is 0.286 e. The molecule has 3 rings (SSSR count). The molecule has 21 heavy (non-hydrogen) atoms. The molecule has 2 aliphatic heterocycles. The van der Waals surface area contributed by atoms with Crippen LogP contribution < -0.4 is 4.90 Å². The number of rotatable bonds is 1. The lowest BCUT2D eigenvalue weighted by atomic mass is 10.2. The molecular formula is C15H17ClN3OS+. The van der Waals surface area contributed by atoms with Gasteiger partial charge in [-0.2, -0.15) is 4.99 Å². The monoisotopic (exact) mass is 322 g/mol. The summed E-state index contributed by atoms with van der Waals surface area (Å²) in [7, 11) is 2.19. The first-order valence-electron chi connectivity index (χ1n) is 6.97. The molecule has 0 atom stereocenters. The average molecular weight is 323 g/mol. The fourth-order valence-corrected chi connectivity index (χ4v) is 3.49. The highest BCUT2D eigenvalue weighted by molar-refractivity contribution is 8.18. The van der Waals surface area contributed by atoms with Crippen LogP contribution in [0.2, 0.25) is 5.02 Å². The van der Waals surface area contributed by atoms with Gasteiger partial charge in [-0.1, -0.05) is 29.8 Å². The van der Waals surface area contributed by atoms with Crippen molar-refractivity contribution >= 4 is 40.5 Å². The topological polar surface area (TPSA) is 37.1 Å². The van der Waals surface area contributed by atoms with Crippen molar-refractivity contribution in [2.45, 2.75) is 0 Å². The van der Waals surface area contributed by atoms with E-state index in [4.69, 9.17) is 11.6 Å². The van der Waals surface area contributed by atoms with E-state index in [9.17, 15) is 4.79 Å². The molecule has 1 aromatic carbocycles. The normalized spacial score (nSPS) is 22.0. The summed E-state index contributed by atoms with van der Waals surface area (Å²) < 4.78 is 0. The number of nitrogens with zero attached hydrogens (tertiary/aromatic N) is 2. The first kappa shape index (κ1) is 14.6. The van der Waals surface area contributed by atoms with Crippen LogP contribution in [0.15, 0.2) is 34.2 Å². The second kappa shape index (κ2) is 6.22. The number of piperazine rings is 1. The number of amidine groups is 1. The van der Waals surface area contributed by atoms with Crippen LogP contribution in [0.5, 0.6) is 0 Å². The van der Waals surface area contributed by atoms with Crippen molar-refractivity contribution in [2.75, 3.05) is 33.2 Å². The highest BCUT2D eigenvalue weighted by atomic mass is 35.5. The molecule has 0 radical (unpaired) electrons. The van der Waals surface area contributed by atoms with Gasteiger partial charge in [0.15, 0.2) is 5.17 Å². The summed E-state index contributed by atoms with van der Waals surface area (Å²) in [5.74, 6) is -0.166. The van der Waals surface area contributed by atoms with Crippen molar-refractivity contribution < 1.29 is 9.69 Å². The van der Waals surface area contributed by atoms with Crippen LogP contribution in [0.1, 0.15) is 5.56 Å². The van der Waals surface area contributed by atoms with Gasteiger partial charge in [0.1, 0.15) is 0 Å². The van der Waals surface area contributed by atoms with E-state index in [1.165, 1.54) is 16.7 Å². The third kappa shape index (κ3) is 3.31. The summed E-state index contributed by atoms with van der Waals surface area (Å²) in [5.41, 5.74) is 0.856. The number of amides is 1. The van der Waals surface area contributed by atoms with Crippen LogP contribution in [0, 0.1) is 0 Å². The minimum absolute atomic E-state index is 0.166. The number of halogens is 1. The largest absolute Gasteiger partial charge is 0.339 e. The van der Waals surface area contributed by atoms with Crippen molar-refractivity contribution in [3.8, 4) is 0 Å². The van der Waals surface area contributed by atoms with Gasteiger partial charge in [-0.3, -0.25) is 4.79 Å². The van der Waals surface area contributed by atoms with Crippen LogP contribution in [0.3, 0.4) is 0 Å². The summed E-state index contributed by atoms with van der Waals surface area (Å²) in [6.45, 7) is 4.06. The lowest BCUT2D eigenvalue weighted by molar-refractivity contribution is -0.883. The number of carbonyl (C=O) groups excluding carboxylic acids is 1. The predicted molar refractivity (Wildman–Crippen MR) is 87.7 cm³/mol. The van der Waals surface area contributed by atoms with E-state index in [0.29, 0.717) is 9.93 Å². The molecule has 6 heteroatoms. The fourth-order valence-electron chi connectivity index (χ4n) is 2.35. The highest BCUT2D eigenvalue weighted by Crippen LogP contribution is 2.31. The van der Waals surface area contributed by atoms with E-state index in [0.717, 1.165) is 36.9 Å². The Morgan fingerprint density at radius 2 is 2.05 bits per heavy atom. The van der Waals surface area contributed by atoms with E-state index in [1.807, 2.05) is 30.3 Å². The Morgan fingerprint density at radius 3 is 2.76 bits per heavy atom. The zero-order valence-corrected chi connectivity index (χ0v) is 13.4. The Kier molecular flexibility index (Phi) is 4.33. The first-order chi connectivity index (χ1) is 10.1. The van der Waals surface area contributed by atoms with Crippen LogP contribution in [-0.4, -0.2) is 49.2 Å². The Bertz CT molecular complexity index is 621. The van der Waals surface area contributed by atoms with Crippen molar-refractivity contribution in [1.82, 2.24) is 4.90 Å². The molecule has 2 aliphatic rings. The molecule has 1 saturated heterocycles. The molecule has 0 aliphatic carbocycles. The van der Waals surface area contributed by atoms with Crippen molar-refractivity contribution in [3.63, 3.8) is 0 Å². The smallest absolute Gasteiger partial charge is 0.286 e. The SMILES string of the molecule is C[NH+]1CCN(C2=NC(=O)/C(=C\c3ccccc3Cl)S2)CC1. The number of thioether (sulfide) groups is 1. The average Bonchev–Trinajstić information content (AvgIpc) is 2.83. The number of benzene rings is 1. The maximum absolute atomic E-state index is 12.1. The fraction of sp³-hybridized carbons (Fsp3) is 0.333.